The van der Waals surface area contributed by atoms with Crippen LogP contribution in [-0.2, 0) is 9.59 Å². The van der Waals surface area contributed by atoms with E-state index in [1.807, 2.05) is 6.07 Å². The molecule has 0 aliphatic carbocycles. The van der Waals surface area contributed by atoms with Crippen molar-refractivity contribution in [3.63, 3.8) is 0 Å². The van der Waals surface area contributed by atoms with Gasteiger partial charge >= 0.3 is 0 Å². The second-order valence-electron chi connectivity index (χ2n) is 5.84. The third-order valence-electron chi connectivity index (χ3n) is 3.89. The molecule has 2 heterocycles. The number of hydrazine groups is 1. The molecular formula is C19H15ClN4O3S2. The molecule has 0 bridgehead atoms. The smallest absolute Gasteiger partial charge is 0.269 e. The Bertz CT molecular complexity index is 998. The van der Waals surface area contributed by atoms with Crippen LogP contribution < -0.4 is 10.9 Å². The molecule has 0 radical (unpaired) electrons. The van der Waals surface area contributed by atoms with Crippen LogP contribution in [-0.4, -0.2) is 38.5 Å². The molecule has 1 aromatic carbocycles. The number of halogens is 1. The number of aromatic nitrogens is 1. The van der Waals surface area contributed by atoms with Crippen molar-refractivity contribution in [3.05, 3.63) is 69.8 Å². The number of carbonyl (C=O) groups is 3. The summed E-state index contributed by atoms with van der Waals surface area (Å²) in [5.74, 6) is -1.20. The van der Waals surface area contributed by atoms with Gasteiger partial charge in [0.2, 0.25) is 5.91 Å². The molecule has 1 saturated heterocycles. The zero-order chi connectivity index (χ0) is 20.8. The minimum absolute atomic E-state index is 0.0254. The number of thiocarbonyl (C=S) groups is 1. The SMILES string of the molecule is O=C(CCN1C(=O)/C(=C\c2ccccc2Cl)SC1=S)NNC(=O)c1ccncc1. The Kier molecular flexibility index (Phi) is 6.97. The maximum atomic E-state index is 12.6. The van der Waals surface area contributed by atoms with Crippen molar-refractivity contribution in [3.8, 4) is 0 Å². The van der Waals surface area contributed by atoms with Crippen LogP contribution in [0.15, 0.2) is 53.7 Å². The van der Waals surface area contributed by atoms with Crippen molar-refractivity contribution < 1.29 is 14.4 Å². The zero-order valence-electron chi connectivity index (χ0n) is 14.9. The molecule has 10 heteroatoms. The number of amides is 3. The van der Waals surface area contributed by atoms with E-state index in [1.54, 1.807) is 24.3 Å². The van der Waals surface area contributed by atoms with Gasteiger partial charge in [0.15, 0.2) is 0 Å². The van der Waals surface area contributed by atoms with Crippen molar-refractivity contribution in [2.24, 2.45) is 0 Å². The van der Waals surface area contributed by atoms with Crippen molar-refractivity contribution in [1.82, 2.24) is 20.7 Å². The van der Waals surface area contributed by atoms with E-state index in [1.165, 1.54) is 29.4 Å². The molecule has 1 fully saturated rings. The maximum absolute atomic E-state index is 12.6. The van der Waals surface area contributed by atoms with Gasteiger partial charge in [0.05, 0.1) is 4.91 Å². The lowest BCUT2D eigenvalue weighted by atomic mass is 10.2. The van der Waals surface area contributed by atoms with E-state index in [0.29, 0.717) is 25.4 Å². The van der Waals surface area contributed by atoms with Crippen LogP contribution in [0.2, 0.25) is 5.02 Å². The second-order valence-corrected chi connectivity index (χ2v) is 7.93. The third-order valence-corrected chi connectivity index (χ3v) is 5.61. The molecule has 3 rings (SSSR count). The minimum Gasteiger partial charge on any atom is -0.292 e. The van der Waals surface area contributed by atoms with Crippen LogP contribution in [0.1, 0.15) is 22.3 Å². The Hall–Kier alpha value is -2.75. The van der Waals surface area contributed by atoms with Gasteiger partial charge in [-0.15, -0.1) is 0 Å². The summed E-state index contributed by atoms with van der Waals surface area (Å²) in [5, 5.41) is 0.530. The summed E-state index contributed by atoms with van der Waals surface area (Å²) < 4.78 is 0.363. The molecule has 1 aliphatic rings. The normalized spacial score (nSPS) is 14.9. The minimum atomic E-state index is -0.464. The highest BCUT2D eigenvalue weighted by Gasteiger charge is 2.32. The number of thioether (sulfide) groups is 1. The molecule has 7 nitrogen and oxygen atoms in total. The second kappa shape index (κ2) is 9.64. The van der Waals surface area contributed by atoms with Gasteiger partial charge in [0.1, 0.15) is 4.32 Å². The van der Waals surface area contributed by atoms with Crippen molar-refractivity contribution in [1.29, 1.82) is 0 Å². The van der Waals surface area contributed by atoms with E-state index in [0.717, 1.165) is 11.8 Å². The first-order chi connectivity index (χ1) is 14.0. The van der Waals surface area contributed by atoms with Crippen molar-refractivity contribution in [2.45, 2.75) is 6.42 Å². The summed E-state index contributed by atoms with van der Waals surface area (Å²) in [5.41, 5.74) is 5.70. The molecule has 0 spiro atoms. The van der Waals surface area contributed by atoms with E-state index in [4.69, 9.17) is 23.8 Å². The van der Waals surface area contributed by atoms with Crippen molar-refractivity contribution >= 4 is 63.7 Å². The number of nitrogens with one attached hydrogen (secondary N) is 2. The maximum Gasteiger partial charge on any atom is 0.269 e. The van der Waals surface area contributed by atoms with Gasteiger partial charge in [-0.05, 0) is 29.8 Å². The summed E-state index contributed by atoms with van der Waals surface area (Å²) in [6, 6.07) is 10.2. The lowest BCUT2D eigenvalue weighted by Crippen LogP contribution is -2.43. The van der Waals surface area contributed by atoms with E-state index in [-0.39, 0.29) is 18.9 Å². The molecule has 2 aromatic rings. The monoisotopic (exact) mass is 446 g/mol. The number of pyridine rings is 1. The van der Waals surface area contributed by atoms with Crippen LogP contribution in [0, 0.1) is 0 Å². The molecule has 0 atom stereocenters. The lowest BCUT2D eigenvalue weighted by Gasteiger charge is -2.14. The van der Waals surface area contributed by atoms with Gasteiger partial charge in [-0.3, -0.25) is 35.1 Å². The highest BCUT2D eigenvalue weighted by Crippen LogP contribution is 2.33. The fourth-order valence-electron chi connectivity index (χ4n) is 2.40. The fraction of sp³-hybridized carbons (Fsp3) is 0.105. The molecule has 3 amide bonds. The summed E-state index contributed by atoms with van der Waals surface area (Å²) in [4.78, 5) is 42.1. The van der Waals surface area contributed by atoms with Crippen LogP contribution in [0.3, 0.4) is 0 Å². The summed E-state index contributed by atoms with van der Waals surface area (Å²) >= 11 is 12.5. The Morgan fingerprint density at radius 2 is 1.90 bits per heavy atom. The molecule has 1 aromatic heterocycles. The molecule has 0 saturated carbocycles. The molecule has 148 valence electrons. The predicted octanol–water partition coefficient (Wildman–Crippen LogP) is 2.79. The van der Waals surface area contributed by atoms with Gasteiger partial charge in [-0.1, -0.05) is 53.8 Å². The van der Waals surface area contributed by atoms with Crippen LogP contribution in [0.25, 0.3) is 6.08 Å². The van der Waals surface area contributed by atoms with Gasteiger partial charge < -0.3 is 0 Å². The topological polar surface area (TPSA) is 91.4 Å². The molecule has 2 N–H and O–H groups in total. The number of nitrogens with zero attached hydrogens (tertiary/aromatic N) is 2. The Morgan fingerprint density at radius 3 is 2.62 bits per heavy atom. The van der Waals surface area contributed by atoms with Gasteiger partial charge in [-0.25, -0.2) is 0 Å². The fourth-order valence-corrected chi connectivity index (χ4v) is 3.89. The standard InChI is InChI=1S/C19H15ClN4O3S2/c20-14-4-2-1-3-13(14)11-15-18(27)24(19(28)29-15)10-7-16(25)22-23-17(26)12-5-8-21-9-6-12/h1-6,8-9,11H,7,10H2,(H,22,25)(H,23,26)/b15-11+. The highest BCUT2D eigenvalue weighted by atomic mass is 35.5. The zero-order valence-corrected chi connectivity index (χ0v) is 17.3. The Labute approximate surface area is 181 Å². The van der Waals surface area contributed by atoms with Crippen LogP contribution in [0.5, 0.6) is 0 Å². The van der Waals surface area contributed by atoms with Gasteiger partial charge in [-0.2, -0.15) is 0 Å². The van der Waals surface area contributed by atoms with Crippen molar-refractivity contribution in [2.75, 3.05) is 6.54 Å². The average molecular weight is 447 g/mol. The molecule has 0 unspecified atom stereocenters. The van der Waals surface area contributed by atoms with E-state index < -0.39 is 11.8 Å². The summed E-state index contributed by atoms with van der Waals surface area (Å²) in [7, 11) is 0. The highest BCUT2D eigenvalue weighted by molar-refractivity contribution is 8.26. The number of hydrogen-bond acceptors (Lipinski definition) is 6. The number of hydrogen-bond donors (Lipinski definition) is 2. The van der Waals surface area contributed by atoms with Gasteiger partial charge in [0.25, 0.3) is 11.8 Å². The summed E-state index contributed by atoms with van der Waals surface area (Å²) in [6.07, 6.45) is 4.60. The first kappa shape index (κ1) is 21.0. The number of carbonyl (C=O) groups excluding carboxylic acids is 3. The number of benzene rings is 1. The first-order valence-electron chi connectivity index (χ1n) is 8.45. The lowest BCUT2D eigenvalue weighted by molar-refractivity contribution is -0.124. The Balaban J connectivity index is 1.53. The quantitative estimate of drug-likeness (QED) is 0.417. The largest absolute Gasteiger partial charge is 0.292 e. The van der Waals surface area contributed by atoms with E-state index in [2.05, 4.69) is 15.8 Å². The summed E-state index contributed by atoms with van der Waals surface area (Å²) in [6.45, 7) is 0.0987. The molecule has 29 heavy (non-hydrogen) atoms. The first-order valence-corrected chi connectivity index (χ1v) is 10.0. The van der Waals surface area contributed by atoms with Crippen LogP contribution >= 0.6 is 35.6 Å². The number of rotatable bonds is 5. The van der Waals surface area contributed by atoms with E-state index >= 15 is 0 Å². The van der Waals surface area contributed by atoms with Gasteiger partial charge in [0, 0.05) is 35.9 Å². The molecule has 1 aliphatic heterocycles. The third kappa shape index (κ3) is 5.41. The average Bonchev–Trinajstić information content (AvgIpc) is 2.99. The van der Waals surface area contributed by atoms with E-state index in [9.17, 15) is 14.4 Å². The molecular weight excluding hydrogens is 432 g/mol. The Morgan fingerprint density at radius 1 is 1.17 bits per heavy atom. The van der Waals surface area contributed by atoms with Crippen LogP contribution in [0.4, 0.5) is 0 Å². The predicted molar refractivity (Wildman–Crippen MR) is 116 cm³/mol.